The summed E-state index contributed by atoms with van der Waals surface area (Å²) < 4.78 is 4.93. The Morgan fingerprint density at radius 2 is 2.07 bits per heavy atom. The van der Waals surface area contributed by atoms with Crippen molar-refractivity contribution in [2.75, 3.05) is 0 Å². The van der Waals surface area contributed by atoms with Crippen LogP contribution in [0.1, 0.15) is 18.9 Å². The van der Waals surface area contributed by atoms with Gasteiger partial charge >= 0.3 is 5.97 Å². The predicted molar refractivity (Wildman–Crippen MR) is 56.5 cm³/mol. The van der Waals surface area contributed by atoms with Gasteiger partial charge in [0.1, 0.15) is 6.61 Å². The third-order valence-corrected chi connectivity index (χ3v) is 2.41. The van der Waals surface area contributed by atoms with E-state index >= 15 is 0 Å². The molecule has 0 aromatic heterocycles. The fraction of sp³-hybridized carbons (Fsp3) is 0.300. The highest BCUT2D eigenvalue weighted by atomic mass is 35.5. The molecule has 1 aromatic rings. The van der Waals surface area contributed by atoms with Crippen molar-refractivity contribution >= 4 is 29.2 Å². The SMILES string of the molecule is CCC(=O)OCc1ccc(Cl)c(Cl)c1. The average Bonchev–Trinajstić information content (AvgIpc) is 2.19. The minimum atomic E-state index is -0.226. The first-order valence-corrected chi connectivity index (χ1v) is 4.98. The van der Waals surface area contributed by atoms with Crippen LogP contribution in [0.5, 0.6) is 0 Å². The highest BCUT2D eigenvalue weighted by Gasteiger charge is 2.02. The molecule has 1 aromatic carbocycles. The van der Waals surface area contributed by atoms with Gasteiger partial charge in [0.2, 0.25) is 0 Å². The van der Waals surface area contributed by atoms with Crippen molar-refractivity contribution in [3.8, 4) is 0 Å². The average molecular weight is 233 g/mol. The lowest BCUT2D eigenvalue weighted by atomic mass is 10.2. The van der Waals surface area contributed by atoms with E-state index < -0.39 is 0 Å². The first-order valence-electron chi connectivity index (χ1n) is 4.23. The maximum absolute atomic E-state index is 10.9. The van der Waals surface area contributed by atoms with Crippen LogP contribution < -0.4 is 0 Å². The number of carbonyl (C=O) groups is 1. The summed E-state index contributed by atoms with van der Waals surface area (Å²) in [5, 5.41) is 0.967. The standard InChI is InChI=1S/C10H10Cl2O2/c1-2-10(13)14-6-7-3-4-8(11)9(12)5-7/h3-5H,2,6H2,1H3. The highest BCUT2D eigenvalue weighted by molar-refractivity contribution is 6.42. The number of ether oxygens (including phenoxy) is 1. The summed E-state index contributed by atoms with van der Waals surface area (Å²) in [5.74, 6) is -0.226. The largest absolute Gasteiger partial charge is 0.461 e. The molecule has 0 saturated carbocycles. The molecule has 0 saturated heterocycles. The summed E-state index contributed by atoms with van der Waals surface area (Å²) in [4.78, 5) is 10.9. The molecule has 0 N–H and O–H groups in total. The Morgan fingerprint density at radius 1 is 1.36 bits per heavy atom. The number of halogens is 2. The molecule has 0 heterocycles. The Labute approximate surface area is 92.8 Å². The molecular weight excluding hydrogens is 223 g/mol. The molecule has 0 spiro atoms. The molecule has 0 aliphatic carbocycles. The van der Waals surface area contributed by atoms with Gasteiger partial charge in [-0.3, -0.25) is 4.79 Å². The van der Waals surface area contributed by atoms with E-state index in [0.717, 1.165) is 5.56 Å². The van der Waals surface area contributed by atoms with Crippen LogP contribution in [-0.4, -0.2) is 5.97 Å². The normalized spacial score (nSPS) is 9.93. The monoisotopic (exact) mass is 232 g/mol. The summed E-state index contributed by atoms with van der Waals surface area (Å²) in [6.45, 7) is 1.99. The summed E-state index contributed by atoms with van der Waals surface area (Å²) in [7, 11) is 0. The zero-order valence-electron chi connectivity index (χ0n) is 7.72. The van der Waals surface area contributed by atoms with Crippen molar-refractivity contribution in [2.24, 2.45) is 0 Å². The van der Waals surface area contributed by atoms with Gasteiger partial charge in [0.05, 0.1) is 10.0 Å². The zero-order valence-corrected chi connectivity index (χ0v) is 9.23. The van der Waals surface area contributed by atoms with E-state index in [9.17, 15) is 4.79 Å². The second-order valence-corrected chi connectivity index (χ2v) is 3.58. The Hall–Kier alpha value is -0.730. The van der Waals surface area contributed by atoms with Crippen LogP contribution >= 0.6 is 23.2 Å². The van der Waals surface area contributed by atoms with Gasteiger partial charge in [-0.05, 0) is 17.7 Å². The van der Waals surface area contributed by atoms with Crippen molar-refractivity contribution in [3.63, 3.8) is 0 Å². The van der Waals surface area contributed by atoms with Crippen molar-refractivity contribution < 1.29 is 9.53 Å². The van der Waals surface area contributed by atoms with E-state index in [1.165, 1.54) is 0 Å². The third-order valence-electron chi connectivity index (χ3n) is 1.67. The van der Waals surface area contributed by atoms with E-state index in [1.807, 2.05) is 0 Å². The molecule has 0 unspecified atom stereocenters. The second-order valence-electron chi connectivity index (χ2n) is 2.76. The Morgan fingerprint density at radius 3 is 2.64 bits per heavy atom. The molecule has 0 fully saturated rings. The Balaban J connectivity index is 2.60. The van der Waals surface area contributed by atoms with Crippen LogP contribution in [-0.2, 0) is 16.1 Å². The molecule has 0 atom stereocenters. The van der Waals surface area contributed by atoms with Crippen LogP contribution in [0.25, 0.3) is 0 Å². The summed E-state index contributed by atoms with van der Waals surface area (Å²) >= 11 is 11.5. The molecule has 76 valence electrons. The molecular formula is C10H10Cl2O2. The van der Waals surface area contributed by atoms with Crippen molar-refractivity contribution in [3.05, 3.63) is 33.8 Å². The number of benzene rings is 1. The van der Waals surface area contributed by atoms with Crippen LogP contribution in [0.15, 0.2) is 18.2 Å². The topological polar surface area (TPSA) is 26.3 Å². The zero-order chi connectivity index (χ0) is 10.6. The third kappa shape index (κ3) is 3.20. The van der Waals surface area contributed by atoms with E-state index in [1.54, 1.807) is 25.1 Å². The number of hydrogen-bond donors (Lipinski definition) is 0. The Kier molecular flexibility index (Phi) is 4.23. The van der Waals surface area contributed by atoms with Crippen LogP contribution in [0.3, 0.4) is 0 Å². The summed E-state index contributed by atoms with van der Waals surface area (Å²) in [6.07, 6.45) is 0.376. The summed E-state index contributed by atoms with van der Waals surface area (Å²) in [6, 6.07) is 5.14. The summed E-state index contributed by atoms with van der Waals surface area (Å²) in [5.41, 5.74) is 0.834. The molecule has 1 rings (SSSR count). The van der Waals surface area contributed by atoms with Gasteiger partial charge in [-0.25, -0.2) is 0 Å². The lowest BCUT2D eigenvalue weighted by Gasteiger charge is -2.04. The van der Waals surface area contributed by atoms with Crippen molar-refractivity contribution in [1.29, 1.82) is 0 Å². The molecule has 0 aliphatic heterocycles. The quantitative estimate of drug-likeness (QED) is 0.747. The molecule has 14 heavy (non-hydrogen) atoms. The van der Waals surface area contributed by atoms with Gasteiger partial charge in [-0.15, -0.1) is 0 Å². The number of esters is 1. The molecule has 0 radical (unpaired) electrons. The van der Waals surface area contributed by atoms with Crippen LogP contribution in [0.4, 0.5) is 0 Å². The fourth-order valence-electron chi connectivity index (χ4n) is 0.895. The lowest BCUT2D eigenvalue weighted by Crippen LogP contribution is -2.02. The van der Waals surface area contributed by atoms with E-state index in [-0.39, 0.29) is 12.6 Å². The molecule has 0 amide bonds. The van der Waals surface area contributed by atoms with Crippen molar-refractivity contribution in [2.45, 2.75) is 20.0 Å². The number of rotatable bonds is 3. The molecule has 2 nitrogen and oxygen atoms in total. The second kappa shape index (κ2) is 5.23. The van der Waals surface area contributed by atoms with E-state index in [2.05, 4.69) is 0 Å². The van der Waals surface area contributed by atoms with Gasteiger partial charge < -0.3 is 4.74 Å². The first kappa shape index (κ1) is 11.3. The minimum absolute atomic E-state index is 0.226. The first-order chi connectivity index (χ1) is 6.63. The maximum atomic E-state index is 10.9. The highest BCUT2D eigenvalue weighted by Crippen LogP contribution is 2.22. The maximum Gasteiger partial charge on any atom is 0.305 e. The van der Waals surface area contributed by atoms with Gasteiger partial charge in [0.25, 0.3) is 0 Å². The van der Waals surface area contributed by atoms with Gasteiger partial charge in [-0.2, -0.15) is 0 Å². The van der Waals surface area contributed by atoms with E-state index in [0.29, 0.717) is 16.5 Å². The minimum Gasteiger partial charge on any atom is -0.461 e. The Bertz CT molecular complexity index is 337. The predicted octanol–water partition coefficient (Wildman–Crippen LogP) is 3.45. The van der Waals surface area contributed by atoms with E-state index in [4.69, 9.17) is 27.9 Å². The number of carbonyl (C=O) groups excluding carboxylic acids is 1. The fourth-order valence-corrected chi connectivity index (χ4v) is 1.22. The van der Waals surface area contributed by atoms with Gasteiger partial charge in [0.15, 0.2) is 0 Å². The smallest absolute Gasteiger partial charge is 0.305 e. The molecule has 4 heteroatoms. The van der Waals surface area contributed by atoms with Crippen molar-refractivity contribution in [1.82, 2.24) is 0 Å². The van der Waals surface area contributed by atoms with Crippen LogP contribution in [0.2, 0.25) is 10.0 Å². The molecule has 0 bridgehead atoms. The molecule has 0 aliphatic rings. The van der Waals surface area contributed by atoms with Gasteiger partial charge in [-0.1, -0.05) is 36.2 Å². The van der Waals surface area contributed by atoms with Gasteiger partial charge in [0, 0.05) is 6.42 Å². The van der Waals surface area contributed by atoms with Crippen LogP contribution in [0, 0.1) is 0 Å². The number of hydrogen-bond acceptors (Lipinski definition) is 2. The lowest BCUT2D eigenvalue weighted by molar-refractivity contribution is -0.144.